The molecule has 0 N–H and O–H groups in total. The molecule has 0 aliphatic carbocycles. The number of aryl methyl sites for hydroxylation is 2. The predicted molar refractivity (Wildman–Crippen MR) is 92.8 cm³/mol. The first-order valence-corrected chi connectivity index (χ1v) is 9.11. The fraction of sp³-hybridized carbons (Fsp3) is 0.471. The molecule has 1 aliphatic rings. The zero-order valence-corrected chi connectivity index (χ0v) is 14.9. The number of carbonyl (C=O) groups excluding carboxylic acids is 1. The van der Waals surface area contributed by atoms with Crippen LogP contribution in [0, 0.1) is 5.82 Å². The molecule has 1 atom stereocenters. The first-order valence-electron chi connectivity index (χ1n) is 8.12. The Bertz CT molecular complexity index is 761. The van der Waals surface area contributed by atoms with Gasteiger partial charge in [-0.25, -0.2) is 4.39 Å². The monoisotopic (exact) mass is 348 g/mol. The molecule has 0 saturated carbocycles. The fourth-order valence-corrected chi connectivity index (χ4v) is 3.86. The topological polar surface area (TPSA) is 51.0 Å². The summed E-state index contributed by atoms with van der Waals surface area (Å²) in [5.41, 5.74) is 1.73. The van der Waals surface area contributed by atoms with Gasteiger partial charge in [-0.1, -0.05) is 18.7 Å². The van der Waals surface area contributed by atoms with Gasteiger partial charge in [0, 0.05) is 25.2 Å². The normalized spacial score (nSPS) is 17.0. The number of aromatic nitrogens is 3. The van der Waals surface area contributed by atoms with Crippen molar-refractivity contribution in [3.05, 3.63) is 35.4 Å². The quantitative estimate of drug-likeness (QED) is 0.797. The number of benzene rings is 1. The molecule has 1 amide bonds. The largest absolute Gasteiger partial charge is 0.309 e. The smallest absolute Gasteiger partial charge is 0.237 e. The van der Waals surface area contributed by atoms with Crippen LogP contribution in [0.1, 0.15) is 31.7 Å². The van der Waals surface area contributed by atoms with E-state index in [0.717, 1.165) is 41.5 Å². The third kappa shape index (κ3) is 3.17. The lowest BCUT2D eigenvalue weighted by atomic mass is 9.96. The van der Waals surface area contributed by atoms with E-state index >= 15 is 0 Å². The number of carbonyl (C=O) groups is 1. The zero-order valence-electron chi connectivity index (χ0n) is 14.1. The minimum atomic E-state index is -0.253. The standard InChI is InChI=1S/C17H21FN4OS/c1-4-15-19-20-17(21(15)3)24-10-16(23)22-11(2)5-6-12-9-13(18)7-8-14(12)22/h7-9,11H,4-6,10H2,1-3H3/t11-/m1/s1. The number of anilines is 1. The Balaban J connectivity index is 1.76. The van der Waals surface area contributed by atoms with E-state index in [4.69, 9.17) is 0 Å². The second-order valence-corrected chi connectivity index (χ2v) is 6.97. The van der Waals surface area contributed by atoms with Gasteiger partial charge in [-0.05, 0) is 43.5 Å². The van der Waals surface area contributed by atoms with Crippen LogP contribution in [-0.4, -0.2) is 32.5 Å². The third-order valence-corrected chi connectivity index (χ3v) is 5.41. The van der Waals surface area contributed by atoms with Crippen LogP contribution < -0.4 is 4.90 Å². The average Bonchev–Trinajstić information content (AvgIpc) is 2.92. The van der Waals surface area contributed by atoms with Crippen molar-refractivity contribution in [3.8, 4) is 0 Å². The Morgan fingerprint density at radius 2 is 2.21 bits per heavy atom. The summed E-state index contributed by atoms with van der Waals surface area (Å²) in [7, 11) is 1.91. The van der Waals surface area contributed by atoms with Gasteiger partial charge in [-0.15, -0.1) is 10.2 Å². The van der Waals surface area contributed by atoms with Crippen molar-refractivity contribution in [2.45, 2.75) is 44.3 Å². The Hall–Kier alpha value is -1.89. The van der Waals surface area contributed by atoms with E-state index in [1.807, 2.05) is 25.5 Å². The van der Waals surface area contributed by atoms with Crippen LogP contribution in [0.15, 0.2) is 23.4 Å². The van der Waals surface area contributed by atoms with Crippen LogP contribution in [-0.2, 0) is 24.7 Å². The Labute approximate surface area is 145 Å². The van der Waals surface area contributed by atoms with E-state index in [9.17, 15) is 9.18 Å². The van der Waals surface area contributed by atoms with Gasteiger partial charge in [-0.2, -0.15) is 0 Å². The number of rotatable bonds is 4. The summed E-state index contributed by atoms with van der Waals surface area (Å²) in [5.74, 6) is 0.950. The molecule has 0 unspecified atom stereocenters. The Kier molecular flexibility index (Phi) is 4.89. The lowest BCUT2D eigenvalue weighted by Crippen LogP contribution is -2.43. The second kappa shape index (κ2) is 6.93. The molecule has 5 nitrogen and oxygen atoms in total. The molecule has 3 rings (SSSR count). The number of hydrogen-bond acceptors (Lipinski definition) is 4. The van der Waals surface area contributed by atoms with E-state index in [1.54, 1.807) is 11.0 Å². The van der Waals surface area contributed by atoms with Gasteiger partial charge in [0.15, 0.2) is 5.16 Å². The Morgan fingerprint density at radius 1 is 1.42 bits per heavy atom. The SMILES string of the molecule is CCc1nnc(SCC(=O)N2c3ccc(F)cc3CC[C@H]2C)n1C. The molecule has 2 aromatic rings. The molecule has 1 aromatic heterocycles. The first kappa shape index (κ1) is 17.0. The molecular weight excluding hydrogens is 327 g/mol. The fourth-order valence-electron chi connectivity index (χ4n) is 3.07. The highest BCUT2D eigenvalue weighted by Gasteiger charge is 2.28. The van der Waals surface area contributed by atoms with Gasteiger partial charge in [-0.3, -0.25) is 4.79 Å². The van der Waals surface area contributed by atoms with Gasteiger partial charge in [0.2, 0.25) is 5.91 Å². The van der Waals surface area contributed by atoms with Crippen molar-refractivity contribution in [2.24, 2.45) is 7.05 Å². The molecule has 0 radical (unpaired) electrons. The second-order valence-electron chi connectivity index (χ2n) is 6.02. The van der Waals surface area contributed by atoms with Crippen LogP contribution in [0.2, 0.25) is 0 Å². The molecule has 0 spiro atoms. The molecule has 0 saturated heterocycles. The van der Waals surface area contributed by atoms with Gasteiger partial charge >= 0.3 is 0 Å². The van der Waals surface area contributed by atoms with Gasteiger partial charge in [0.1, 0.15) is 11.6 Å². The maximum Gasteiger partial charge on any atom is 0.237 e. The molecule has 1 aliphatic heterocycles. The molecule has 24 heavy (non-hydrogen) atoms. The molecule has 0 fully saturated rings. The summed E-state index contributed by atoms with van der Waals surface area (Å²) < 4.78 is 15.4. The van der Waals surface area contributed by atoms with Gasteiger partial charge in [0.25, 0.3) is 0 Å². The van der Waals surface area contributed by atoms with Crippen molar-refractivity contribution in [2.75, 3.05) is 10.7 Å². The number of nitrogens with zero attached hydrogens (tertiary/aromatic N) is 4. The van der Waals surface area contributed by atoms with Gasteiger partial charge < -0.3 is 9.47 Å². The first-order chi connectivity index (χ1) is 11.5. The van der Waals surface area contributed by atoms with Crippen molar-refractivity contribution < 1.29 is 9.18 Å². The van der Waals surface area contributed by atoms with E-state index in [2.05, 4.69) is 10.2 Å². The van der Waals surface area contributed by atoms with E-state index in [1.165, 1.54) is 23.9 Å². The molecule has 0 bridgehead atoms. The van der Waals surface area contributed by atoms with Crippen molar-refractivity contribution in [3.63, 3.8) is 0 Å². The summed E-state index contributed by atoms with van der Waals surface area (Å²) in [6.45, 7) is 4.06. The van der Waals surface area contributed by atoms with E-state index in [-0.39, 0.29) is 23.5 Å². The maximum absolute atomic E-state index is 13.4. The average molecular weight is 348 g/mol. The summed E-state index contributed by atoms with van der Waals surface area (Å²) in [6, 6.07) is 4.77. The minimum absolute atomic E-state index is 0.0149. The summed E-state index contributed by atoms with van der Waals surface area (Å²) in [5, 5.41) is 8.99. The highest BCUT2D eigenvalue weighted by atomic mass is 32.2. The number of thioether (sulfide) groups is 1. The van der Waals surface area contributed by atoms with Crippen LogP contribution in [0.3, 0.4) is 0 Å². The molecule has 7 heteroatoms. The lowest BCUT2D eigenvalue weighted by molar-refractivity contribution is -0.116. The van der Waals surface area contributed by atoms with Crippen molar-refractivity contribution in [1.29, 1.82) is 0 Å². The predicted octanol–water partition coefficient (Wildman–Crippen LogP) is 2.98. The maximum atomic E-state index is 13.4. The molecular formula is C17H21FN4OS. The van der Waals surface area contributed by atoms with Gasteiger partial charge in [0.05, 0.1) is 5.75 Å². The number of halogens is 1. The minimum Gasteiger partial charge on any atom is -0.309 e. The van der Waals surface area contributed by atoms with E-state index < -0.39 is 0 Å². The molecule has 128 valence electrons. The van der Waals surface area contributed by atoms with E-state index in [0.29, 0.717) is 0 Å². The van der Waals surface area contributed by atoms with Crippen molar-refractivity contribution >= 4 is 23.4 Å². The summed E-state index contributed by atoms with van der Waals surface area (Å²) in [4.78, 5) is 14.6. The molecule has 2 heterocycles. The van der Waals surface area contributed by atoms with Crippen molar-refractivity contribution in [1.82, 2.24) is 14.8 Å². The lowest BCUT2D eigenvalue weighted by Gasteiger charge is -2.35. The zero-order chi connectivity index (χ0) is 17.3. The van der Waals surface area contributed by atoms with Crippen LogP contribution in [0.5, 0.6) is 0 Å². The number of hydrogen-bond donors (Lipinski definition) is 0. The number of fused-ring (bicyclic) bond motifs is 1. The summed E-state index contributed by atoms with van der Waals surface area (Å²) >= 11 is 1.39. The van der Waals surface area contributed by atoms with Crippen LogP contribution >= 0.6 is 11.8 Å². The van der Waals surface area contributed by atoms with Crippen LogP contribution in [0.25, 0.3) is 0 Å². The molecule has 1 aromatic carbocycles. The highest BCUT2D eigenvalue weighted by molar-refractivity contribution is 7.99. The third-order valence-electron chi connectivity index (χ3n) is 4.41. The van der Waals surface area contributed by atoms with Crippen LogP contribution in [0.4, 0.5) is 10.1 Å². The Morgan fingerprint density at radius 3 is 2.92 bits per heavy atom. The number of amides is 1. The highest BCUT2D eigenvalue weighted by Crippen LogP contribution is 2.32. The summed E-state index contributed by atoms with van der Waals surface area (Å²) in [6.07, 6.45) is 2.45.